The van der Waals surface area contributed by atoms with Crippen molar-refractivity contribution < 1.29 is 14.3 Å². The molecule has 2 saturated heterocycles. The number of hydrogen-bond donors (Lipinski definition) is 0. The molecule has 0 bridgehead atoms. The maximum absolute atomic E-state index is 12.4. The molecule has 176 valence electrons. The molecule has 0 radical (unpaired) electrons. The monoisotopic (exact) mass is 441 g/mol. The van der Waals surface area contributed by atoms with E-state index in [-0.39, 0.29) is 6.10 Å². The molecule has 3 fully saturated rings. The molecule has 1 aromatic heterocycles. The normalized spacial score (nSPS) is 28.5. The summed E-state index contributed by atoms with van der Waals surface area (Å²) in [5.74, 6) is 4.07. The van der Waals surface area contributed by atoms with Crippen LogP contribution in [0.25, 0.3) is 0 Å². The highest BCUT2D eigenvalue weighted by Gasteiger charge is 2.27. The van der Waals surface area contributed by atoms with Crippen molar-refractivity contribution in [1.82, 2.24) is 9.88 Å². The van der Waals surface area contributed by atoms with Crippen LogP contribution in [-0.2, 0) is 16.0 Å². The maximum atomic E-state index is 12.4. The summed E-state index contributed by atoms with van der Waals surface area (Å²) in [5, 5.41) is 0. The minimum absolute atomic E-state index is 0.214. The quantitative estimate of drug-likeness (QED) is 0.611. The van der Waals surface area contributed by atoms with Crippen molar-refractivity contribution >= 4 is 11.6 Å². The van der Waals surface area contributed by atoms with Crippen molar-refractivity contribution in [3.63, 3.8) is 0 Å². The van der Waals surface area contributed by atoms with Crippen LogP contribution in [0.3, 0.4) is 0 Å². The average molecular weight is 442 g/mol. The van der Waals surface area contributed by atoms with E-state index < -0.39 is 0 Å². The van der Waals surface area contributed by atoms with E-state index in [0.717, 1.165) is 82.6 Å². The summed E-state index contributed by atoms with van der Waals surface area (Å²) in [5.41, 5.74) is 1.30. The van der Waals surface area contributed by atoms with Crippen molar-refractivity contribution in [2.45, 2.75) is 70.3 Å². The van der Waals surface area contributed by atoms with E-state index in [1.54, 1.807) is 0 Å². The van der Waals surface area contributed by atoms with Crippen molar-refractivity contribution in [3.8, 4) is 5.75 Å². The molecule has 4 heterocycles. The molecule has 4 aliphatic rings. The van der Waals surface area contributed by atoms with Gasteiger partial charge in [0.05, 0.1) is 12.7 Å². The lowest BCUT2D eigenvalue weighted by Gasteiger charge is -2.37. The molecule has 5 rings (SSSR count). The number of fused-ring (bicyclic) bond motifs is 1. The van der Waals surface area contributed by atoms with Crippen molar-refractivity contribution in [1.29, 1.82) is 0 Å². The molecule has 1 aromatic rings. The first kappa shape index (κ1) is 22.1. The second kappa shape index (κ2) is 10.5. The first-order valence-corrected chi connectivity index (χ1v) is 13.0. The van der Waals surface area contributed by atoms with E-state index in [9.17, 15) is 4.79 Å². The van der Waals surface area contributed by atoms with Gasteiger partial charge in [-0.3, -0.25) is 9.69 Å². The zero-order valence-corrected chi connectivity index (χ0v) is 19.5. The first-order chi connectivity index (χ1) is 15.7. The van der Waals surface area contributed by atoms with E-state index >= 15 is 0 Å². The Kier molecular flexibility index (Phi) is 7.28. The number of aromatic nitrogens is 1. The smallest absolute Gasteiger partial charge is 0.135 e. The third kappa shape index (κ3) is 5.45. The van der Waals surface area contributed by atoms with Crippen LogP contribution in [0.4, 0.5) is 5.82 Å². The van der Waals surface area contributed by atoms with Crippen LogP contribution >= 0.6 is 0 Å². The Hall–Kier alpha value is -1.66. The minimum atomic E-state index is 0.214. The molecule has 32 heavy (non-hydrogen) atoms. The molecule has 0 spiro atoms. The van der Waals surface area contributed by atoms with Gasteiger partial charge >= 0.3 is 0 Å². The number of pyridine rings is 1. The fourth-order valence-electron chi connectivity index (χ4n) is 6.11. The molecular weight excluding hydrogens is 402 g/mol. The fourth-order valence-corrected chi connectivity index (χ4v) is 6.11. The van der Waals surface area contributed by atoms with Gasteiger partial charge < -0.3 is 14.4 Å². The molecule has 0 N–H and O–H groups in total. The number of ketones is 1. The van der Waals surface area contributed by atoms with E-state index in [4.69, 9.17) is 9.47 Å². The largest absolute Gasteiger partial charge is 0.493 e. The lowest BCUT2D eigenvalue weighted by atomic mass is 9.78. The molecule has 0 aromatic carbocycles. The molecule has 1 atom stereocenters. The molecule has 1 unspecified atom stereocenters. The third-order valence-corrected chi connectivity index (χ3v) is 8.09. The topological polar surface area (TPSA) is 54.9 Å². The number of hydrogen-bond acceptors (Lipinski definition) is 6. The minimum Gasteiger partial charge on any atom is -0.493 e. The van der Waals surface area contributed by atoms with Gasteiger partial charge in [0.15, 0.2) is 0 Å². The van der Waals surface area contributed by atoms with Crippen LogP contribution in [-0.4, -0.2) is 67.7 Å². The second-order valence-corrected chi connectivity index (χ2v) is 10.3. The van der Waals surface area contributed by atoms with E-state index in [0.29, 0.717) is 18.1 Å². The number of piperazine rings is 1. The van der Waals surface area contributed by atoms with E-state index in [1.807, 2.05) is 12.3 Å². The van der Waals surface area contributed by atoms with E-state index in [2.05, 4.69) is 14.8 Å². The lowest BCUT2D eigenvalue weighted by molar-refractivity contribution is -0.122. The molecular formula is C26H39N3O3. The predicted molar refractivity (Wildman–Crippen MR) is 125 cm³/mol. The number of rotatable bonds is 8. The Bertz CT molecular complexity index is 764. The highest BCUT2D eigenvalue weighted by Crippen LogP contribution is 2.34. The van der Waals surface area contributed by atoms with Gasteiger partial charge in [-0.25, -0.2) is 4.98 Å². The summed E-state index contributed by atoms with van der Waals surface area (Å²) in [6, 6.07) is 2.00. The Balaban J connectivity index is 0.988. The second-order valence-electron chi connectivity index (χ2n) is 10.3. The van der Waals surface area contributed by atoms with Crippen LogP contribution in [0, 0.1) is 11.8 Å². The van der Waals surface area contributed by atoms with Crippen molar-refractivity contribution in [2.75, 3.05) is 50.8 Å². The Morgan fingerprint density at radius 2 is 1.81 bits per heavy atom. The lowest BCUT2D eigenvalue weighted by Crippen LogP contribution is -2.47. The summed E-state index contributed by atoms with van der Waals surface area (Å²) in [6.07, 6.45) is 13.1. The van der Waals surface area contributed by atoms with Crippen LogP contribution < -0.4 is 9.64 Å². The van der Waals surface area contributed by atoms with Gasteiger partial charge in [0.25, 0.3) is 0 Å². The molecule has 0 amide bonds. The highest BCUT2D eigenvalue weighted by molar-refractivity contribution is 5.79. The highest BCUT2D eigenvalue weighted by atomic mass is 16.5. The number of carbonyl (C=O) groups excluding carboxylic acids is 1. The Morgan fingerprint density at radius 1 is 1.00 bits per heavy atom. The van der Waals surface area contributed by atoms with Gasteiger partial charge in [0.2, 0.25) is 0 Å². The van der Waals surface area contributed by atoms with Crippen LogP contribution in [0.5, 0.6) is 5.75 Å². The number of anilines is 1. The zero-order chi connectivity index (χ0) is 21.8. The third-order valence-electron chi connectivity index (χ3n) is 8.09. The van der Waals surface area contributed by atoms with Crippen LogP contribution in [0.1, 0.15) is 63.4 Å². The molecule has 6 nitrogen and oxygen atoms in total. The van der Waals surface area contributed by atoms with Gasteiger partial charge in [-0.2, -0.15) is 0 Å². The molecule has 1 saturated carbocycles. The van der Waals surface area contributed by atoms with Gasteiger partial charge in [-0.05, 0) is 56.6 Å². The van der Waals surface area contributed by atoms with Crippen molar-refractivity contribution in [3.05, 3.63) is 17.8 Å². The average Bonchev–Trinajstić information content (AvgIpc) is 3.51. The summed E-state index contributed by atoms with van der Waals surface area (Å²) in [4.78, 5) is 22.1. The summed E-state index contributed by atoms with van der Waals surface area (Å²) in [6.45, 7) is 7.21. The Morgan fingerprint density at radius 3 is 2.59 bits per heavy atom. The van der Waals surface area contributed by atoms with Crippen LogP contribution in [0.15, 0.2) is 12.3 Å². The summed E-state index contributed by atoms with van der Waals surface area (Å²) >= 11 is 0. The van der Waals surface area contributed by atoms with Gasteiger partial charge in [-0.15, -0.1) is 0 Å². The Labute approximate surface area is 192 Å². The van der Waals surface area contributed by atoms with E-state index in [1.165, 1.54) is 44.2 Å². The standard InChI is InChI=1S/C26H39N3O3/c30-22(19-23-2-1-16-31-23)18-21-5-3-20(4-6-21)8-11-28-12-14-29(15-13-28)26-24-9-17-32-25(24)7-10-27-26/h7,10,20-21,23H,1-6,8-9,11-19H2. The van der Waals surface area contributed by atoms with Gasteiger partial charge in [-0.1, -0.05) is 12.8 Å². The zero-order valence-electron chi connectivity index (χ0n) is 19.5. The number of nitrogens with zero attached hydrogens (tertiary/aromatic N) is 3. The van der Waals surface area contributed by atoms with Crippen LogP contribution in [0.2, 0.25) is 0 Å². The number of Topliss-reactive ketones (excluding diaryl/α,β-unsaturated/α-hetero) is 1. The maximum Gasteiger partial charge on any atom is 0.135 e. The van der Waals surface area contributed by atoms with Gasteiger partial charge in [0, 0.05) is 63.8 Å². The summed E-state index contributed by atoms with van der Waals surface area (Å²) in [7, 11) is 0. The summed E-state index contributed by atoms with van der Waals surface area (Å²) < 4.78 is 11.3. The molecule has 3 aliphatic heterocycles. The molecule has 6 heteroatoms. The SMILES string of the molecule is O=C(CC1CCC(CCN2CCN(c3nccc4c3CCO4)CC2)CC1)CC1CCCO1. The first-order valence-electron chi connectivity index (χ1n) is 13.0. The number of carbonyl (C=O) groups is 1. The molecule has 1 aliphatic carbocycles. The van der Waals surface area contributed by atoms with Gasteiger partial charge in [0.1, 0.15) is 17.4 Å². The van der Waals surface area contributed by atoms with Crippen molar-refractivity contribution in [2.24, 2.45) is 11.8 Å². The predicted octanol–water partition coefficient (Wildman–Crippen LogP) is 3.86. The number of ether oxygens (including phenoxy) is 2. The fraction of sp³-hybridized carbons (Fsp3) is 0.769.